The molecule has 6 heteroatoms. The van der Waals surface area contributed by atoms with Crippen LogP contribution in [0.25, 0.3) is 0 Å². The van der Waals surface area contributed by atoms with Gasteiger partial charge >= 0.3 is 0 Å². The predicted octanol–water partition coefficient (Wildman–Crippen LogP) is 1.29. The molecule has 0 unspecified atom stereocenters. The molecule has 0 aromatic carbocycles. The molecule has 4 nitrogen and oxygen atoms in total. The number of halogens is 1. The molecular formula is C6H9ClN2O2S. The van der Waals surface area contributed by atoms with Crippen molar-refractivity contribution in [2.75, 3.05) is 0 Å². The fourth-order valence-electron chi connectivity index (χ4n) is 0.941. The second kappa shape index (κ2) is 3.45. The van der Waals surface area contributed by atoms with Crippen LogP contribution in [-0.2, 0) is 15.5 Å². The summed E-state index contributed by atoms with van der Waals surface area (Å²) in [7, 11) is 1.52. The van der Waals surface area contributed by atoms with E-state index in [1.807, 2.05) is 6.92 Å². The molecule has 68 valence electrons. The minimum atomic E-state index is -3.63. The van der Waals surface area contributed by atoms with Crippen LogP contribution >= 0.6 is 10.7 Å². The van der Waals surface area contributed by atoms with Crippen molar-refractivity contribution in [3.63, 3.8) is 0 Å². The number of aromatic amines is 1. The molecule has 1 aromatic heterocycles. The second-order valence-electron chi connectivity index (χ2n) is 2.40. The molecule has 0 saturated carbocycles. The summed E-state index contributed by atoms with van der Waals surface area (Å²) in [6.07, 6.45) is 2.72. The third kappa shape index (κ3) is 1.98. The Balaban J connectivity index is 3.08. The first kappa shape index (κ1) is 9.54. The summed E-state index contributed by atoms with van der Waals surface area (Å²) in [5.41, 5.74) is 0.576. The first-order chi connectivity index (χ1) is 5.55. The highest BCUT2D eigenvalue weighted by molar-refractivity contribution is 8.13. The number of H-pyrrole nitrogens is 1. The molecule has 12 heavy (non-hydrogen) atoms. The van der Waals surface area contributed by atoms with Crippen LogP contribution in [0.15, 0.2) is 11.1 Å². The molecular weight excluding hydrogens is 200 g/mol. The van der Waals surface area contributed by atoms with Crippen molar-refractivity contribution in [1.29, 1.82) is 0 Å². The highest BCUT2D eigenvalue weighted by atomic mass is 35.7. The second-order valence-corrected chi connectivity index (χ2v) is 4.94. The number of aryl methyl sites for hydroxylation is 1. The molecule has 0 saturated heterocycles. The minimum Gasteiger partial charge on any atom is -0.281 e. The van der Waals surface area contributed by atoms with Crippen LogP contribution in [0.5, 0.6) is 0 Å². The monoisotopic (exact) mass is 208 g/mol. The lowest BCUT2D eigenvalue weighted by atomic mass is 10.3. The van der Waals surface area contributed by atoms with Gasteiger partial charge in [-0.05, 0) is 6.42 Å². The van der Waals surface area contributed by atoms with Gasteiger partial charge in [0.15, 0.2) is 0 Å². The summed E-state index contributed by atoms with van der Waals surface area (Å²) in [5.74, 6) is 0. The maximum absolute atomic E-state index is 10.9. The summed E-state index contributed by atoms with van der Waals surface area (Å²) < 4.78 is 21.8. The van der Waals surface area contributed by atoms with Crippen LogP contribution < -0.4 is 0 Å². The lowest BCUT2D eigenvalue weighted by Gasteiger charge is -1.95. The Bertz CT molecular complexity index is 357. The highest BCUT2D eigenvalue weighted by Crippen LogP contribution is 2.18. The van der Waals surface area contributed by atoms with Gasteiger partial charge < -0.3 is 0 Å². The Kier molecular flexibility index (Phi) is 2.74. The Morgan fingerprint density at radius 2 is 2.33 bits per heavy atom. The molecule has 1 N–H and O–H groups in total. The van der Waals surface area contributed by atoms with E-state index >= 15 is 0 Å². The molecule has 0 aliphatic rings. The molecule has 0 aliphatic heterocycles. The predicted molar refractivity (Wildman–Crippen MR) is 45.6 cm³/mol. The van der Waals surface area contributed by atoms with Gasteiger partial charge in [-0.3, -0.25) is 5.10 Å². The number of nitrogens with one attached hydrogen (secondary N) is 1. The van der Waals surface area contributed by atoms with Crippen molar-refractivity contribution in [2.45, 2.75) is 24.7 Å². The third-order valence-electron chi connectivity index (χ3n) is 1.44. The largest absolute Gasteiger partial charge is 0.281 e. The summed E-state index contributed by atoms with van der Waals surface area (Å²) in [6, 6.07) is 0. The normalized spacial score (nSPS) is 11.8. The van der Waals surface area contributed by atoms with E-state index in [-0.39, 0.29) is 4.90 Å². The van der Waals surface area contributed by atoms with E-state index in [1.165, 1.54) is 6.20 Å². The van der Waals surface area contributed by atoms with E-state index in [9.17, 15) is 8.42 Å². The molecule has 1 rings (SSSR count). The number of nitrogens with zero attached hydrogens (tertiary/aromatic N) is 1. The summed E-state index contributed by atoms with van der Waals surface area (Å²) in [6.45, 7) is 1.95. The topological polar surface area (TPSA) is 62.8 Å². The van der Waals surface area contributed by atoms with Gasteiger partial charge in [-0.1, -0.05) is 13.3 Å². The molecule has 0 spiro atoms. The van der Waals surface area contributed by atoms with Crippen molar-refractivity contribution >= 4 is 19.7 Å². The Labute approximate surface area is 75.4 Å². The van der Waals surface area contributed by atoms with Crippen molar-refractivity contribution in [3.8, 4) is 0 Å². The number of hydrogen-bond acceptors (Lipinski definition) is 3. The number of hydrogen-bond donors (Lipinski definition) is 1. The van der Waals surface area contributed by atoms with Crippen LogP contribution in [0.2, 0.25) is 0 Å². The van der Waals surface area contributed by atoms with Crippen LogP contribution in [0.3, 0.4) is 0 Å². The van der Waals surface area contributed by atoms with E-state index in [0.717, 1.165) is 6.42 Å². The molecule has 1 aromatic rings. The van der Waals surface area contributed by atoms with Crippen LogP contribution in [0.4, 0.5) is 0 Å². The molecule has 0 atom stereocenters. The van der Waals surface area contributed by atoms with E-state index < -0.39 is 9.05 Å². The van der Waals surface area contributed by atoms with Gasteiger partial charge in [0.1, 0.15) is 4.90 Å². The van der Waals surface area contributed by atoms with E-state index in [4.69, 9.17) is 10.7 Å². The van der Waals surface area contributed by atoms with Crippen LogP contribution in [-0.4, -0.2) is 18.6 Å². The summed E-state index contributed by atoms with van der Waals surface area (Å²) >= 11 is 0. The quantitative estimate of drug-likeness (QED) is 0.762. The summed E-state index contributed by atoms with van der Waals surface area (Å²) in [4.78, 5) is 0.0889. The van der Waals surface area contributed by atoms with Crippen LogP contribution in [0, 0.1) is 0 Å². The van der Waals surface area contributed by atoms with E-state index in [2.05, 4.69) is 10.2 Å². The number of rotatable bonds is 3. The first-order valence-corrected chi connectivity index (χ1v) is 5.83. The Hall–Kier alpha value is -0.550. The van der Waals surface area contributed by atoms with Gasteiger partial charge in [0, 0.05) is 10.7 Å². The van der Waals surface area contributed by atoms with Gasteiger partial charge in [0.2, 0.25) is 0 Å². The summed E-state index contributed by atoms with van der Waals surface area (Å²) in [5, 5.41) is 6.22. The third-order valence-corrected chi connectivity index (χ3v) is 2.82. The van der Waals surface area contributed by atoms with Crippen LogP contribution in [0.1, 0.15) is 19.0 Å². The van der Waals surface area contributed by atoms with Gasteiger partial charge in [-0.15, -0.1) is 0 Å². The fourth-order valence-corrected chi connectivity index (χ4v) is 1.96. The van der Waals surface area contributed by atoms with Gasteiger partial charge in [-0.25, -0.2) is 8.42 Å². The zero-order valence-electron chi connectivity index (χ0n) is 6.54. The zero-order chi connectivity index (χ0) is 9.19. The van der Waals surface area contributed by atoms with Gasteiger partial charge in [-0.2, -0.15) is 5.10 Å². The average Bonchev–Trinajstić information content (AvgIpc) is 2.34. The molecule has 0 amide bonds. The van der Waals surface area contributed by atoms with Crippen molar-refractivity contribution in [2.24, 2.45) is 0 Å². The molecule has 1 heterocycles. The van der Waals surface area contributed by atoms with Crippen molar-refractivity contribution < 1.29 is 8.42 Å². The smallest absolute Gasteiger partial charge is 0.264 e. The highest BCUT2D eigenvalue weighted by Gasteiger charge is 2.16. The molecule has 0 radical (unpaired) electrons. The van der Waals surface area contributed by atoms with Crippen molar-refractivity contribution in [3.05, 3.63) is 11.9 Å². The lowest BCUT2D eigenvalue weighted by molar-refractivity contribution is 0.608. The molecule has 0 bridgehead atoms. The van der Waals surface area contributed by atoms with E-state index in [0.29, 0.717) is 12.1 Å². The van der Waals surface area contributed by atoms with Gasteiger partial charge in [0.05, 0.1) is 11.9 Å². The van der Waals surface area contributed by atoms with E-state index in [1.54, 1.807) is 0 Å². The number of aromatic nitrogens is 2. The first-order valence-electron chi connectivity index (χ1n) is 3.52. The minimum absolute atomic E-state index is 0.0889. The standard InChI is InChI=1S/C6H9ClN2O2S/c1-2-3-5-6(4-8-9-5)12(7,10)11/h4H,2-3H2,1H3,(H,8,9). The van der Waals surface area contributed by atoms with Gasteiger partial charge in [0.25, 0.3) is 9.05 Å². The average molecular weight is 209 g/mol. The maximum atomic E-state index is 10.9. The Morgan fingerprint density at radius 1 is 1.67 bits per heavy atom. The molecule has 0 fully saturated rings. The fraction of sp³-hybridized carbons (Fsp3) is 0.500. The lowest BCUT2D eigenvalue weighted by Crippen LogP contribution is -1.94. The maximum Gasteiger partial charge on any atom is 0.264 e. The SMILES string of the molecule is CCCc1[nH]ncc1S(=O)(=O)Cl. The Morgan fingerprint density at radius 3 is 2.83 bits per heavy atom. The van der Waals surface area contributed by atoms with Crippen molar-refractivity contribution in [1.82, 2.24) is 10.2 Å². The zero-order valence-corrected chi connectivity index (χ0v) is 8.11. The molecule has 0 aliphatic carbocycles.